The highest BCUT2D eigenvalue weighted by atomic mass is 35.5. The van der Waals surface area contributed by atoms with Crippen LogP contribution in [0.2, 0.25) is 0 Å². The molecule has 0 aromatic rings. The molecule has 0 spiro atoms. The molecule has 0 saturated carbocycles. The van der Waals surface area contributed by atoms with E-state index in [0.717, 1.165) is 0 Å². The Labute approximate surface area is 80.8 Å². The summed E-state index contributed by atoms with van der Waals surface area (Å²) in [6.07, 6.45) is 0.924. The Bertz CT molecular complexity index is 255. The molecule has 0 aliphatic carbocycles. The minimum absolute atomic E-state index is 0.0300. The Morgan fingerprint density at radius 3 is 2.15 bits per heavy atom. The largest absolute Gasteiger partial charge is 0.481 e. The van der Waals surface area contributed by atoms with E-state index in [0.29, 0.717) is 0 Å². The molecule has 0 unspecified atom stereocenters. The van der Waals surface area contributed by atoms with Gasteiger partial charge in [-0.1, -0.05) is 17.7 Å². The lowest BCUT2D eigenvalue weighted by Gasteiger charge is -2.17. The van der Waals surface area contributed by atoms with Gasteiger partial charge in [-0.2, -0.15) is 0 Å². The molecule has 74 valence electrons. The highest BCUT2D eigenvalue weighted by molar-refractivity contribution is 6.31. The fourth-order valence-corrected chi connectivity index (χ4v) is 0.692. The van der Waals surface area contributed by atoms with Crippen LogP contribution in [0.25, 0.3) is 0 Å². The molecule has 0 aliphatic heterocycles. The Morgan fingerprint density at radius 2 is 1.85 bits per heavy atom. The molecule has 5 heteroatoms. The van der Waals surface area contributed by atoms with E-state index in [4.69, 9.17) is 21.8 Å². The van der Waals surface area contributed by atoms with Gasteiger partial charge in [0.05, 0.1) is 11.8 Å². The van der Waals surface area contributed by atoms with E-state index in [2.05, 4.69) is 0 Å². The molecule has 0 amide bonds. The predicted molar refractivity (Wildman–Crippen MR) is 47.6 cm³/mol. The van der Waals surface area contributed by atoms with E-state index in [1.165, 1.54) is 19.9 Å². The maximum absolute atomic E-state index is 10.6. The smallest absolute Gasteiger partial charge is 0.314 e. The van der Waals surface area contributed by atoms with Crippen LogP contribution in [0.5, 0.6) is 0 Å². The molecule has 0 heterocycles. The fourth-order valence-electron chi connectivity index (χ4n) is 0.534. The van der Waals surface area contributed by atoms with E-state index in [1.54, 1.807) is 0 Å². The molecular weight excluding hydrogens is 196 g/mol. The number of hydrogen-bond donors (Lipinski definition) is 2. The average Bonchev–Trinajstić information content (AvgIpc) is 1.99. The van der Waals surface area contributed by atoms with Gasteiger partial charge in [0.2, 0.25) is 0 Å². The van der Waals surface area contributed by atoms with Crippen molar-refractivity contribution in [1.82, 2.24) is 0 Å². The highest BCUT2D eigenvalue weighted by Crippen LogP contribution is 2.29. The molecule has 0 rings (SSSR count). The van der Waals surface area contributed by atoms with Crippen molar-refractivity contribution < 1.29 is 19.8 Å². The van der Waals surface area contributed by atoms with Crippen LogP contribution in [-0.2, 0) is 9.59 Å². The van der Waals surface area contributed by atoms with Crippen molar-refractivity contribution in [3.8, 4) is 0 Å². The van der Waals surface area contributed by atoms with E-state index in [1.807, 2.05) is 0 Å². The first kappa shape index (κ1) is 12.0. The van der Waals surface area contributed by atoms with Crippen molar-refractivity contribution in [3.05, 3.63) is 11.1 Å². The van der Waals surface area contributed by atoms with E-state index < -0.39 is 17.4 Å². The Morgan fingerprint density at radius 1 is 1.38 bits per heavy atom. The number of aliphatic carboxylic acids is 2. The van der Waals surface area contributed by atoms with Gasteiger partial charge < -0.3 is 10.2 Å². The first-order chi connectivity index (χ1) is 5.78. The lowest BCUT2D eigenvalue weighted by atomic mass is 9.92. The predicted octanol–water partition coefficient (Wildman–Crippen LogP) is 1.69. The van der Waals surface area contributed by atoms with Crippen LogP contribution in [0.4, 0.5) is 0 Å². The molecule has 0 aromatic carbocycles. The second kappa shape index (κ2) is 4.28. The summed E-state index contributed by atoms with van der Waals surface area (Å²) >= 11 is 5.63. The quantitative estimate of drug-likeness (QED) is 0.734. The van der Waals surface area contributed by atoms with E-state index >= 15 is 0 Å². The van der Waals surface area contributed by atoms with E-state index in [9.17, 15) is 9.59 Å². The fraction of sp³-hybridized carbons (Fsp3) is 0.500. The molecule has 0 radical (unpaired) electrons. The van der Waals surface area contributed by atoms with Crippen LogP contribution >= 0.6 is 11.6 Å². The first-order valence-corrected chi connectivity index (χ1v) is 3.97. The minimum atomic E-state index is -1.23. The van der Waals surface area contributed by atoms with Gasteiger partial charge in [0, 0.05) is 5.03 Å². The highest BCUT2D eigenvalue weighted by Gasteiger charge is 2.30. The molecule has 0 bridgehead atoms. The topological polar surface area (TPSA) is 74.6 Å². The zero-order valence-corrected chi connectivity index (χ0v) is 8.13. The van der Waals surface area contributed by atoms with Crippen molar-refractivity contribution in [1.29, 1.82) is 0 Å². The van der Waals surface area contributed by atoms with Gasteiger partial charge in [-0.3, -0.25) is 9.59 Å². The maximum Gasteiger partial charge on any atom is 0.314 e. The molecule has 4 nitrogen and oxygen atoms in total. The second-order valence-corrected chi connectivity index (χ2v) is 3.49. The number of rotatable bonds is 4. The van der Waals surface area contributed by atoms with Crippen LogP contribution in [0.3, 0.4) is 0 Å². The number of hydrogen-bond acceptors (Lipinski definition) is 2. The van der Waals surface area contributed by atoms with Crippen molar-refractivity contribution >= 4 is 23.5 Å². The zero-order chi connectivity index (χ0) is 10.6. The molecule has 2 N–H and O–H groups in total. The number of carbonyl (C=O) groups is 2. The SMILES string of the molecule is CC(C)(C(=O)O)C(Cl)=CCC(=O)O. The molecule has 0 aliphatic rings. The molecule has 0 fully saturated rings. The standard InChI is InChI=1S/C8H11ClO4/c1-8(2,7(12)13)5(9)3-4-6(10)11/h3H,4H2,1-2H3,(H,10,11)(H,12,13). The van der Waals surface area contributed by atoms with Gasteiger partial charge >= 0.3 is 11.9 Å². The molecule has 0 saturated heterocycles. The molecular formula is C8H11ClO4. The summed E-state index contributed by atoms with van der Waals surface area (Å²) in [6, 6.07) is 0. The summed E-state index contributed by atoms with van der Waals surface area (Å²) in [4.78, 5) is 20.8. The van der Waals surface area contributed by atoms with Gasteiger partial charge in [0.15, 0.2) is 0 Å². The van der Waals surface area contributed by atoms with Crippen LogP contribution < -0.4 is 0 Å². The second-order valence-electron chi connectivity index (χ2n) is 3.08. The van der Waals surface area contributed by atoms with Crippen molar-refractivity contribution in [3.63, 3.8) is 0 Å². The number of carboxylic acid groups (broad SMARTS) is 2. The van der Waals surface area contributed by atoms with Crippen LogP contribution in [0, 0.1) is 5.41 Å². The van der Waals surface area contributed by atoms with Gasteiger partial charge in [0.25, 0.3) is 0 Å². The van der Waals surface area contributed by atoms with Gasteiger partial charge in [0.1, 0.15) is 0 Å². The third kappa shape index (κ3) is 3.46. The van der Waals surface area contributed by atoms with Crippen LogP contribution in [0.15, 0.2) is 11.1 Å². The van der Waals surface area contributed by atoms with Gasteiger partial charge in [-0.25, -0.2) is 0 Å². The summed E-state index contributed by atoms with van der Waals surface area (Å²) in [6.45, 7) is 2.83. The van der Waals surface area contributed by atoms with Gasteiger partial charge in [-0.05, 0) is 13.8 Å². The lowest BCUT2D eigenvalue weighted by molar-refractivity contribution is -0.144. The first-order valence-electron chi connectivity index (χ1n) is 3.59. The summed E-state index contributed by atoms with van der Waals surface area (Å²) in [5.41, 5.74) is -1.23. The lowest BCUT2D eigenvalue weighted by Crippen LogP contribution is -2.24. The molecule has 0 aromatic heterocycles. The average molecular weight is 207 g/mol. The van der Waals surface area contributed by atoms with Crippen molar-refractivity contribution in [2.24, 2.45) is 5.41 Å². The zero-order valence-electron chi connectivity index (χ0n) is 7.37. The summed E-state index contributed by atoms with van der Waals surface area (Å²) in [5, 5.41) is 17.1. The summed E-state index contributed by atoms with van der Waals surface area (Å²) < 4.78 is 0. The normalized spacial score (nSPS) is 12.7. The van der Waals surface area contributed by atoms with Crippen molar-refractivity contribution in [2.75, 3.05) is 0 Å². The summed E-state index contributed by atoms with van der Waals surface area (Å²) in [7, 11) is 0. The number of carboxylic acids is 2. The minimum Gasteiger partial charge on any atom is -0.481 e. The maximum atomic E-state index is 10.6. The van der Waals surface area contributed by atoms with Crippen LogP contribution in [-0.4, -0.2) is 22.2 Å². The third-order valence-electron chi connectivity index (χ3n) is 1.59. The monoisotopic (exact) mass is 206 g/mol. The van der Waals surface area contributed by atoms with Gasteiger partial charge in [-0.15, -0.1) is 0 Å². The number of halogens is 1. The van der Waals surface area contributed by atoms with Crippen molar-refractivity contribution in [2.45, 2.75) is 20.3 Å². The molecule has 0 atom stereocenters. The third-order valence-corrected chi connectivity index (χ3v) is 2.21. The molecule has 13 heavy (non-hydrogen) atoms. The Hall–Kier alpha value is -1.03. The Balaban J connectivity index is 4.57. The Kier molecular flexibility index (Phi) is 3.94. The van der Waals surface area contributed by atoms with E-state index in [-0.39, 0.29) is 11.5 Å². The summed E-state index contributed by atoms with van der Waals surface area (Å²) in [5.74, 6) is -2.13. The van der Waals surface area contributed by atoms with Crippen LogP contribution in [0.1, 0.15) is 20.3 Å².